The Balaban J connectivity index is 1.94. The molecule has 25 heavy (non-hydrogen) atoms. The van der Waals surface area contributed by atoms with Crippen LogP contribution in [0.4, 0.5) is 4.79 Å². The van der Waals surface area contributed by atoms with E-state index < -0.39 is 11.6 Å². The van der Waals surface area contributed by atoms with Crippen molar-refractivity contribution in [1.29, 1.82) is 0 Å². The SMILES string of the molecule is CCCCCCCCON1C(C)(C)CC2(CC1(C)C)NC(=O)NC2=O. The average Bonchev–Trinajstić information content (AvgIpc) is 2.72. The number of nitrogens with one attached hydrogen (secondary N) is 2. The van der Waals surface area contributed by atoms with Crippen molar-refractivity contribution in [1.82, 2.24) is 15.7 Å². The van der Waals surface area contributed by atoms with Crippen LogP contribution in [0.2, 0.25) is 0 Å². The van der Waals surface area contributed by atoms with Gasteiger partial charge in [0.1, 0.15) is 5.54 Å². The van der Waals surface area contributed by atoms with Crippen molar-refractivity contribution in [3.05, 3.63) is 0 Å². The number of nitrogens with zero attached hydrogens (tertiary/aromatic N) is 1. The lowest BCUT2D eigenvalue weighted by Gasteiger charge is -2.56. The van der Waals surface area contributed by atoms with Crippen molar-refractivity contribution in [2.45, 2.75) is 103 Å². The second-order valence-electron chi connectivity index (χ2n) is 8.86. The molecule has 0 saturated carbocycles. The van der Waals surface area contributed by atoms with E-state index in [1.165, 1.54) is 32.1 Å². The largest absolute Gasteiger partial charge is 0.323 e. The van der Waals surface area contributed by atoms with Gasteiger partial charge in [-0.1, -0.05) is 39.0 Å². The van der Waals surface area contributed by atoms with Gasteiger partial charge >= 0.3 is 6.03 Å². The molecule has 0 radical (unpaired) electrons. The minimum Gasteiger partial charge on any atom is -0.323 e. The Morgan fingerprint density at radius 1 is 0.960 bits per heavy atom. The number of piperidine rings is 1. The summed E-state index contributed by atoms with van der Waals surface area (Å²) in [5.41, 5.74) is -1.53. The highest BCUT2D eigenvalue weighted by Crippen LogP contribution is 2.44. The summed E-state index contributed by atoms with van der Waals surface area (Å²) >= 11 is 0. The van der Waals surface area contributed by atoms with Gasteiger partial charge in [-0.3, -0.25) is 14.9 Å². The van der Waals surface area contributed by atoms with Crippen LogP contribution in [0.3, 0.4) is 0 Å². The van der Waals surface area contributed by atoms with E-state index in [9.17, 15) is 9.59 Å². The van der Waals surface area contributed by atoms with Crippen molar-refractivity contribution >= 4 is 11.9 Å². The first-order valence-electron chi connectivity index (χ1n) is 9.70. The molecule has 6 nitrogen and oxygen atoms in total. The van der Waals surface area contributed by atoms with Crippen LogP contribution < -0.4 is 10.6 Å². The van der Waals surface area contributed by atoms with Gasteiger partial charge in [-0.2, -0.15) is 5.06 Å². The summed E-state index contributed by atoms with van der Waals surface area (Å²) in [6, 6.07) is -0.391. The molecule has 6 heteroatoms. The summed E-state index contributed by atoms with van der Waals surface area (Å²) in [5.74, 6) is -0.214. The van der Waals surface area contributed by atoms with Crippen LogP contribution in [0.25, 0.3) is 0 Å². The molecule has 2 saturated heterocycles. The predicted molar refractivity (Wildman–Crippen MR) is 98.0 cm³/mol. The van der Waals surface area contributed by atoms with Crippen LogP contribution in [0.1, 0.15) is 86.0 Å². The minimum absolute atomic E-state index is 0.214. The van der Waals surface area contributed by atoms with Gasteiger partial charge in [-0.05, 0) is 47.0 Å². The molecule has 2 aliphatic rings. The zero-order valence-corrected chi connectivity index (χ0v) is 16.5. The molecule has 0 aromatic rings. The van der Waals surface area contributed by atoms with Gasteiger partial charge in [-0.25, -0.2) is 4.79 Å². The van der Waals surface area contributed by atoms with Gasteiger partial charge in [0.15, 0.2) is 0 Å². The van der Waals surface area contributed by atoms with Gasteiger partial charge in [0.25, 0.3) is 5.91 Å². The predicted octanol–water partition coefficient (Wildman–Crippen LogP) is 3.51. The highest BCUT2D eigenvalue weighted by Gasteiger charge is 2.59. The molecule has 0 unspecified atom stereocenters. The molecule has 2 N–H and O–H groups in total. The Labute approximate surface area is 152 Å². The maximum atomic E-state index is 12.4. The fourth-order valence-corrected chi connectivity index (χ4v) is 4.67. The smallest absolute Gasteiger partial charge is 0.322 e. The van der Waals surface area contributed by atoms with Crippen LogP contribution in [0.15, 0.2) is 0 Å². The molecular formula is C19H35N3O3. The molecule has 2 heterocycles. The first-order chi connectivity index (χ1) is 11.6. The van der Waals surface area contributed by atoms with Gasteiger partial charge in [0, 0.05) is 11.1 Å². The summed E-state index contributed by atoms with van der Waals surface area (Å²) in [4.78, 5) is 30.2. The summed E-state index contributed by atoms with van der Waals surface area (Å²) in [7, 11) is 0. The second kappa shape index (κ2) is 7.62. The molecule has 1 spiro atoms. The third-order valence-corrected chi connectivity index (χ3v) is 5.30. The summed E-state index contributed by atoms with van der Waals surface area (Å²) < 4.78 is 0. The van der Waals surface area contributed by atoms with E-state index in [-0.39, 0.29) is 17.0 Å². The van der Waals surface area contributed by atoms with Crippen LogP contribution in [0.5, 0.6) is 0 Å². The molecule has 3 amide bonds. The van der Waals surface area contributed by atoms with E-state index >= 15 is 0 Å². The number of amides is 3. The van der Waals surface area contributed by atoms with Crippen LogP contribution in [0, 0.1) is 0 Å². The highest BCUT2D eigenvalue weighted by molar-refractivity contribution is 6.07. The Bertz CT molecular complexity index is 484. The number of carbonyl (C=O) groups is 2. The van der Waals surface area contributed by atoms with Crippen molar-refractivity contribution in [2.75, 3.05) is 6.61 Å². The lowest BCUT2D eigenvalue weighted by Crippen LogP contribution is -2.69. The first-order valence-corrected chi connectivity index (χ1v) is 9.70. The summed E-state index contributed by atoms with van der Waals surface area (Å²) in [5, 5.41) is 7.31. The van der Waals surface area contributed by atoms with E-state index in [0.29, 0.717) is 19.4 Å². The molecule has 2 fully saturated rings. The monoisotopic (exact) mass is 353 g/mol. The summed E-state index contributed by atoms with van der Waals surface area (Å²) in [6.07, 6.45) is 8.45. The fourth-order valence-electron chi connectivity index (χ4n) is 4.67. The van der Waals surface area contributed by atoms with Crippen molar-refractivity contribution < 1.29 is 14.4 Å². The van der Waals surface area contributed by atoms with Crippen LogP contribution in [-0.2, 0) is 9.63 Å². The fraction of sp³-hybridized carbons (Fsp3) is 0.895. The molecule has 0 atom stereocenters. The molecule has 0 aliphatic carbocycles. The number of urea groups is 1. The average molecular weight is 354 g/mol. The molecule has 144 valence electrons. The van der Waals surface area contributed by atoms with Crippen LogP contribution >= 0.6 is 0 Å². The van der Waals surface area contributed by atoms with Gasteiger partial charge < -0.3 is 5.32 Å². The van der Waals surface area contributed by atoms with Crippen molar-refractivity contribution in [2.24, 2.45) is 0 Å². The summed E-state index contributed by atoms with van der Waals surface area (Å²) in [6.45, 7) is 11.2. The number of imide groups is 1. The topological polar surface area (TPSA) is 70.7 Å². The molecule has 2 aliphatic heterocycles. The van der Waals surface area contributed by atoms with E-state index in [1.807, 2.05) is 0 Å². The molecule has 0 aromatic carbocycles. The molecule has 0 aromatic heterocycles. The number of hydrogen-bond donors (Lipinski definition) is 2. The van der Waals surface area contributed by atoms with E-state index in [4.69, 9.17) is 4.84 Å². The van der Waals surface area contributed by atoms with Crippen LogP contribution in [-0.4, -0.2) is 40.2 Å². The maximum Gasteiger partial charge on any atom is 0.322 e. The third-order valence-electron chi connectivity index (χ3n) is 5.30. The highest BCUT2D eigenvalue weighted by atomic mass is 16.7. The number of hydrogen-bond acceptors (Lipinski definition) is 4. The van der Waals surface area contributed by atoms with Crippen molar-refractivity contribution in [3.63, 3.8) is 0 Å². The number of unbranched alkanes of at least 4 members (excludes halogenated alkanes) is 5. The minimum atomic E-state index is -0.829. The molecule has 0 bridgehead atoms. The lowest BCUT2D eigenvalue weighted by molar-refractivity contribution is -0.289. The Hall–Kier alpha value is -1.14. The maximum absolute atomic E-state index is 12.4. The quantitative estimate of drug-likeness (QED) is 0.517. The van der Waals surface area contributed by atoms with E-state index in [0.717, 1.165) is 6.42 Å². The zero-order valence-electron chi connectivity index (χ0n) is 16.5. The Kier molecular flexibility index (Phi) is 6.15. The standard InChI is InChI=1S/C19H35N3O3/c1-6-7-8-9-10-11-12-25-22-17(2,3)13-19(14-18(22,4)5)15(23)20-16(24)21-19/h6-14H2,1-5H3,(H2,20,21,23,24). The molecular weight excluding hydrogens is 318 g/mol. The lowest BCUT2D eigenvalue weighted by atomic mass is 9.70. The second-order valence-corrected chi connectivity index (χ2v) is 8.86. The normalized spacial score (nSPS) is 24.4. The Morgan fingerprint density at radius 3 is 2.04 bits per heavy atom. The van der Waals surface area contributed by atoms with Gasteiger partial charge in [0.2, 0.25) is 0 Å². The zero-order chi connectivity index (χ0) is 18.7. The van der Waals surface area contributed by atoms with Crippen molar-refractivity contribution in [3.8, 4) is 0 Å². The van der Waals surface area contributed by atoms with Gasteiger partial charge in [-0.15, -0.1) is 0 Å². The Morgan fingerprint density at radius 2 is 1.52 bits per heavy atom. The molecule has 2 rings (SSSR count). The third kappa shape index (κ3) is 4.53. The number of hydroxylamine groups is 2. The van der Waals surface area contributed by atoms with E-state index in [2.05, 4.69) is 50.3 Å². The van der Waals surface area contributed by atoms with E-state index in [1.54, 1.807) is 0 Å². The number of carbonyl (C=O) groups excluding carboxylic acids is 2. The van der Waals surface area contributed by atoms with Gasteiger partial charge in [0.05, 0.1) is 6.61 Å². The number of rotatable bonds is 8. The first kappa shape index (κ1) is 20.2.